The van der Waals surface area contributed by atoms with E-state index in [-0.39, 0.29) is 6.79 Å². The van der Waals surface area contributed by atoms with Crippen LogP contribution in [0.1, 0.15) is 83.1 Å². The molecule has 0 unspecified atom stereocenters. The molecule has 1 aromatic rings. The van der Waals surface area contributed by atoms with E-state index in [1.807, 2.05) is 6.07 Å². The van der Waals surface area contributed by atoms with Crippen LogP contribution in [0.2, 0.25) is 0 Å². The molecule has 0 spiro atoms. The lowest BCUT2D eigenvalue weighted by atomic mass is 10.0. The predicted octanol–water partition coefficient (Wildman–Crippen LogP) is 7.09. The fraction of sp³-hybridized carbons (Fsp3) is 0.667. The van der Waals surface area contributed by atoms with Crippen LogP contribution in [0.15, 0.2) is 30.4 Å². The molecular formula is C24H40O3. The standard InChI is InChI=1S/C24H40O3/c1-4-5-6-7-8-9-10-11-12-13-14-15-16-17-22-18-23(26-3)20-24(19-22)27-21-25-2/h7-8,18-20H,4-6,9-17,21H2,1-3H3/b8-7-. The molecular weight excluding hydrogens is 336 g/mol. The van der Waals surface area contributed by atoms with Crippen LogP contribution in [0.4, 0.5) is 0 Å². The quantitative estimate of drug-likeness (QED) is 0.165. The molecule has 0 radical (unpaired) electrons. The van der Waals surface area contributed by atoms with E-state index in [1.54, 1.807) is 14.2 Å². The van der Waals surface area contributed by atoms with Crippen molar-refractivity contribution in [2.75, 3.05) is 21.0 Å². The monoisotopic (exact) mass is 376 g/mol. The van der Waals surface area contributed by atoms with Crippen molar-refractivity contribution in [3.63, 3.8) is 0 Å². The van der Waals surface area contributed by atoms with Gasteiger partial charge in [0.25, 0.3) is 0 Å². The molecule has 0 atom stereocenters. The van der Waals surface area contributed by atoms with Crippen LogP contribution in [-0.4, -0.2) is 21.0 Å². The van der Waals surface area contributed by atoms with E-state index >= 15 is 0 Å². The van der Waals surface area contributed by atoms with Crippen molar-refractivity contribution in [1.82, 2.24) is 0 Å². The summed E-state index contributed by atoms with van der Waals surface area (Å²) in [4.78, 5) is 0. The Morgan fingerprint density at radius 2 is 1.37 bits per heavy atom. The third-order valence-electron chi connectivity index (χ3n) is 4.75. The second-order valence-electron chi connectivity index (χ2n) is 7.19. The van der Waals surface area contributed by atoms with Gasteiger partial charge in [-0.3, -0.25) is 0 Å². The molecule has 0 aromatic heterocycles. The van der Waals surface area contributed by atoms with Gasteiger partial charge in [-0.1, -0.05) is 64.0 Å². The van der Waals surface area contributed by atoms with Crippen LogP contribution in [0.25, 0.3) is 0 Å². The smallest absolute Gasteiger partial charge is 0.188 e. The highest BCUT2D eigenvalue weighted by Crippen LogP contribution is 2.24. The molecule has 0 bridgehead atoms. The molecule has 0 N–H and O–H groups in total. The molecule has 3 heteroatoms. The van der Waals surface area contributed by atoms with E-state index in [2.05, 4.69) is 31.2 Å². The molecule has 0 aliphatic rings. The number of unbranched alkanes of at least 4 members (excludes halogenated alkanes) is 9. The lowest BCUT2D eigenvalue weighted by Gasteiger charge is -2.10. The van der Waals surface area contributed by atoms with Crippen LogP contribution in [0.5, 0.6) is 11.5 Å². The summed E-state index contributed by atoms with van der Waals surface area (Å²) >= 11 is 0. The molecule has 0 saturated carbocycles. The number of aryl methyl sites for hydroxylation is 1. The summed E-state index contributed by atoms with van der Waals surface area (Å²) in [5.74, 6) is 1.66. The van der Waals surface area contributed by atoms with Gasteiger partial charge in [0.2, 0.25) is 0 Å². The van der Waals surface area contributed by atoms with Crippen molar-refractivity contribution >= 4 is 0 Å². The fourth-order valence-corrected chi connectivity index (χ4v) is 3.14. The first-order chi connectivity index (χ1) is 13.3. The van der Waals surface area contributed by atoms with Crippen molar-refractivity contribution < 1.29 is 14.2 Å². The maximum Gasteiger partial charge on any atom is 0.188 e. The van der Waals surface area contributed by atoms with Crippen molar-refractivity contribution in [2.24, 2.45) is 0 Å². The predicted molar refractivity (Wildman–Crippen MR) is 115 cm³/mol. The molecule has 0 saturated heterocycles. The highest BCUT2D eigenvalue weighted by molar-refractivity contribution is 5.38. The van der Waals surface area contributed by atoms with Gasteiger partial charge in [-0.25, -0.2) is 0 Å². The van der Waals surface area contributed by atoms with Crippen molar-refractivity contribution in [3.8, 4) is 11.5 Å². The SMILES string of the molecule is CCCC/C=C\CCCCCCCCCc1cc(OC)cc(OCOC)c1. The Kier molecular flexibility index (Phi) is 14.6. The van der Waals surface area contributed by atoms with E-state index in [0.717, 1.165) is 17.9 Å². The molecule has 0 aliphatic heterocycles. The first-order valence-electron chi connectivity index (χ1n) is 10.7. The van der Waals surface area contributed by atoms with E-state index in [9.17, 15) is 0 Å². The minimum Gasteiger partial charge on any atom is -0.497 e. The minimum atomic E-state index is 0.265. The van der Waals surface area contributed by atoms with Gasteiger partial charge in [0.15, 0.2) is 6.79 Å². The first-order valence-corrected chi connectivity index (χ1v) is 10.7. The number of hydrogen-bond acceptors (Lipinski definition) is 3. The van der Waals surface area contributed by atoms with Gasteiger partial charge in [-0.15, -0.1) is 0 Å². The van der Waals surface area contributed by atoms with E-state index < -0.39 is 0 Å². The van der Waals surface area contributed by atoms with Crippen molar-refractivity contribution in [2.45, 2.75) is 84.0 Å². The maximum atomic E-state index is 5.55. The summed E-state index contributed by atoms with van der Waals surface area (Å²) in [7, 11) is 3.33. The van der Waals surface area contributed by atoms with Crippen molar-refractivity contribution in [1.29, 1.82) is 0 Å². The van der Waals surface area contributed by atoms with E-state index in [1.165, 1.54) is 76.2 Å². The minimum absolute atomic E-state index is 0.265. The van der Waals surface area contributed by atoms with Crippen LogP contribution >= 0.6 is 0 Å². The van der Waals surface area contributed by atoms with Gasteiger partial charge in [0.1, 0.15) is 11.5 Å². The highest BCUT2D eigenvalue weighted by Gasteiger charge is 2.03. The first kappa shape index (κ1) is 23.6. The van der Waals surface area contributed by atoms with Gasteiger partial charge >= 0.3 is 0 Å². The average Bonchev–Trinajstić information content (AvgIpc) is 2.69. The third kappa shape index (κ3) is 12.5. The summed E-state index contributed by atoms with van der Waals surface area (Å²) in [6.07, 6.45) is 20.2. The zero-order valence-electron chi connectivity index (χ0n) is 17.8. The number of allylic oxidation sites excluding steroid dienone is 2. The Morgan fingerprint density at radius 3 is 2.04 bits per heavy atom. The highest BCUT2D eigenvalue weighted by atomic mass is 16.7. The Hall–Kier alpha value is -1.48. The van der Waals surface area contributed by atoms with Crippen LogP contribution in [-0.2, 0) is 11.2 Å². The number of hydrogen-bond donors (Lipinski definition) is 0. The molecule has 27 heavy (non-hydrogen) atoms. The van der Waals surface area contributed by atoms with Gasteiger partial charge in [0.05, 0.1) is 7.11 Å². The topological polar surface area (TPSA) is 27.7 Å². The third-order valence-corrected chi connectivity index (χ3v) is 4.75. The van der Waals surface area contributed by atoms with E-state index in [0.29, 0.717) is 0 Å². The van der Waals surface area contributed by atoms with Gasteiger partial charge < -0.3 is 14.2 Å². The average molecular weight is 377 g/mol. The summed E-state index contributed by atoms with van der Waals surface area (Å²) in [6, 6.07) is 6.10. The normalized spacial score (nSPS) is 11.2. The molecule has 1 rings (SSSR count). The van der Waals surface area contributed by atoms with E-state index in [4.69, 9.17) is 14.2 Å². The second-order valence-corrected chi connectivity index (χ2v) is 7.19. The zero-order chi connectivity index (χ0) is 19.6. The van der Waals surface area contributed by atoms with Crippen LogP contribution in [0, 0.1) is 0 Å². The molecule has 0 amide bonds. The largest absolute Gasteiger partial charge is 0.497 e. The lowest BCUT2D eigenvalue weighted by molar-refractivity contribution is 0.0509. The lowest BCUT2D eigenvalue weighted by Crippen LogP contribution is -2.00. The molecule has 0 fully saturated rings. The number of methoxy groups -OCH3 is 2. The number of benzene rings is 1. The molecule has 0 heterocycles. The Bertz CT molecular complexity index is 496. The second kappa shape index (κ2) is 16.7. The molecule has 154 valence electrons. The zero-order valence-corrected chi connectivity index (χ0v) is 17.8. The molecule has 0 aliphatic carbocycles. The molecule has 3 nitrogen and oxygen atoms in total. The maximum absolute atomic E-state index is 5.55. The summed E-state index contributed by atoms with van der Waals surface area (Å²) in [5.41, 5.74) is 1.27. The summed E-state index contributed by atoms with van der Waals surface area (Å²) in [6.45, 7) is 2.51. The number of ether oxygens (including phenoxy) is 3. The Morgan fingerprint density at radius 1 is 0.741 bits per heavy atom. The van der Waals surface area contributed by atoms with Gasteiger partial charge in [-0.05, 0) is 49.8 Å². The fourth-order valence-electron chi connectivity index (χ4n) is 3.14. The summed E-state index contributed by atoms with van der Waals surface area (Å²) < 4.78 is 15.9. The summed E-state index contributed by atoms with van der Waals surface area (Å²) in [5, 5.41) is 0. The number of rotatable bonds is 17. The van der Waals surface area contributed by atoms with Crippen LogP contribution in [0.3, 0.4) is 0 Å². The molecule has 1 aromatic carbocycles. The Balaban J connectivity index is 2.08. The van der Waals surface area contributed by atoms with Crippen LogP contribution < -0.4 is 9.47 Å². The van der Waals surface area contributed by atoms with Crippen molar-refractivity contribution in [3.05, 3.63) is 35.9 Å². The van der Waals surface area contributed by atoms with Gasteiger partial charge in [0, 0.05) is 13.2 Å². The Labute approximate surface area is 167 Å². The van der Waals surface area contributed by atoms with Gasteiger partial charge in [-0.2, -0.15) is 0 Å².